The Kier molecular flexibility index (Phi) is 4.96. The van der Waals surface area contributed by atoms with E-state index in [1.54, 1.807) is 0 Å². The number of hydrogen-bond donors (Lipinski definition) is 0. The molecule has 2 rings (SSSR count). The summed E-state index contributed by atoms with van der Waals surface area (Å²) < 4.78 is 64.2. The third kappa shape index (κ3) is 4.15. The number of halogens is 5. The molecule has 0 spiro atoms. The number of benzene rings is 2. The minimum Gasteiger partial charge on any atom is -0.296 e. The average molecular weight is 343 g/mol. The Labute approximate surface area is 133 Å². The summed E-state index contributed by atoms with van der Waals surface area (Å²) in [6.45, 7) is -1.69. The highest BCUT2D eigenvalue weighted by atomic mass is 19.4. The lowest BCUT2D eigenvalue weighted by atomic mass is 10.1. The number of amides is 1. The van der Waals surface area contributed by atoms with Crippen molar-refractivity contribution in [3.05, 3.63) is 65.7 Å². The molecule has 1 amide bonds. The van der Waals surface area contributed by atoms with Crippen molar-refractivity contribution in [3.63, 3.8) is 0 Å². The van der Waals surface area contributed by atoms with Crippen molar-refractivity contribution in [1.82, 2.24) is 0 Å². The van der Waals surface area contributed by atoms with Crippen LogP contribution < -0.4 is 4.90 Å². The Morgan fingerprint density at radius 1 is 0.917 bits per heavy atom. The van der Waals surface area contributed by atoms with Crippen molar-refractivity contribution < 1.29 is 31.5 Å². The van der Waals surface area contributed by atoms with Crippen LogP contribution in [-0.2, 0) is 4.79 Å². The van der Waals surface area contributed by atoms with Crippen LogP contribution in [0, 0.1) is 11.6 Å². The average Bonchev–Trinajstić information content (AvgIpc) is 2.54. The number of anilines is 1. The number of hydrogen-bond acceptors (Lipinski definition) is 2. The maximum Gasteiger partial charge on any atom is 0.406 e. The van der Waals surface area contributed by atoms with E-state index in [2.05, 4.69) is 0 Å². The summed E-state index contributed by atoms with van der Waals surface area (Å²) in [4.78, 5) is 24.5. The summed E-state index contributed by atoms with van der Waals surface area (Å²) in [6.07, 6.45) is -4.75. The van der Waals surface area contributed by atoms with E-state index in [9.17, 15) is 31.5 Å². The lowest BCUT2D eigenvalue weighted by molar-refractivity contribution is -0.130. The lowest BCUT2D eigenvalue weighted by Crippen LogP contribution is -2.42. The first-order valence-corrected chi connectivity index (χ1v) is 6.62. The van der Waals surface area contributed by atoms with Crippen molar-refractivity contribution >= 4 is 17.4 Å². The predicted octanol–water partition coefficient (Wildman–Crippen LogP) is 3.74. The number of carbonyl (C=O) groups excluding carboxylic acids is 2. The fourth-order valence-corrected chi connectivity index (χ4v) is 1.95. The van der Waals surface area contributed by atoms with Crippen molar-refractivity contribution in [3.8, 4) is 0 Å². The zero-order valence-corrected chi connectivity index (χ0v) is 12.0. The van der Waals surface area contributed by atoms with Crippen LogP contribution >= 0.6 is 0 Å². The van der Waals surface area contributed by atoms with Crippen LogP contribution in [0.15, 0.2) is 48.5 Å². The van der Waals surface area contributed by atoms with Gasteiger partial charge in [-0.25, -0.2) is 8.78 Å². The number of nitrogens with zero attached hydrogens (tertiary/aromatic N) is 1. The van der Waals surface area contributed by atoms with Gasteiger partial charge in [-0.05, 0) is 30.3 Å². The highest BCUT2D eigenvalue weighted by Gasteiger charge is 2.36. The van der Waals surface area contributed by atoms with Gasteiger partial charge in [0.1, 0.15) is 6.54 Å². The summed E-state index contributed by atoms with van der Waals surface area (Å²) in [5, 5.41) is 0. The van der Waals surface area contributed by atoms with E-state index in [1.165, 1.54) is 30.3 Å². The Bertz CT molecular complexity index is 759. The number of para-hydroxylation sites is 1. The van der Waals surface area contributed by atoms with Crippen molar-refractivity contribution in [2.24, 2.45) is 0 Å². The molecule has 8 heteroatoms. The summed E-state index contributed by atoms with van der Waals surface area (Å²) in [5.74, 6) is -5.49. The van der Waals surface area contributed by atoms with E-state index in [1.807, 2.05) is 0 Å². The molecule has 0 aliphatic carbocycles. The van der Waals surface area contributed by atoms with Crippen LogP contribution in [0.3, 0.4) is 0 Å². The van der Waals surface area contributed by atoms with Gasteiger partial charge < -0.3 is 0 Å². The molecule has 126 valence electrons. The molecule has 0 aromatic heterocycles. The first-order valence-electron chi connectivity index (χ1n) is 6.62. The molecule has 0 heterocycles. The van der Waals surface area contributed by atoms with E-state index >= 15 is 0 Å². The third-order valence-electron chi connectivity index (χ3n) is 3.03. The van der Waals surface area contributed by atoms with Crippen molar-refractivity contribution in [2.75, 3.05) is 11.4 Å². The molecule has 24 heavy (non-hydrogen) atoms. The molecule has 0 atom stereocenters. The first kappa shape index (κ1) is 17.6. The predicted molar refractivity (Wildman–Crippen MR) is 75.5 cm³/mol. The maximum absolute atomic E-state index is 13.2. The fourth-order valence-electron chi connectivity index (χ4n) is 1.95. The molecule has 0 bridgehead atoms. The van der Waals surface area contributed by atoms with Gasteiger partial charge in [0.2, 0.25) is 0 Å². The third-order valence-corrected chi connectivity index (χ3v) is 3.03. The van der Waals surface area contributed by atoms with Crippen LogP contribution in [0.1, 0.15) is 10.4 Å². The van der Waals surface area contributed by atoms with E-state index in [4.69, 9.17) is 0 Å². The van der Waals surface area contributed by atoms with E-state index < -0.39 is 41.6 Å². The Hall–Kier alpha value is -2.77. The van der Waals surface area contributed by atoms with Gasteiger partial charge in [0.05, 0.1) is 0 Å². The summed E-state index contributed by atoms with van der Waals surface area (Å²) in [6, 6.07) is 8.68. The molecule has 0 aliphatic rings. The molecule has 0 fully saturated rings. The smallest absolute Gasteiger partial charge is 0.296 e. The van der Waals surface area contributed by atoms with Crippen LogP contribution in [-0.4, -0.2) is 24.4 Å². The second kappa shape index (κ2) is 6.77. The minimum absolute atomic E-state index is 0.143. The molecular weight excluding hydrogens is 333 g/mol. The first-order chi connectivity index (χ1) is 11.2. The van der Waals surface area contributed by atoms with Crippen molar-refractivity contribution in [2.45, 2.75) is 6.18 Å². The molecule has 3 nitrogen and oxygen atoms in total. The van der Waals surface area contributed by atoms with Crippen LogP contribution in [0.25, 0.3) is 0 Å². The van der Waals surface area contributed by atoms with Gasteiger partial charge in [0, 0.05) is 11.3 Å². The van der Waals surface area contributed by atoms with Gasteiger partial charge in [0.25, 0.3) is 11.7 Å². The number of ketones is 1. The summed E-state index contributed by atoms with van der Waals surface area (Å²) >= 11 is 0. The second-order valence-corrected chi connectivity index (χ2v) is 4.80. The minimum atomic E-state index is -4.75. The summed E-state index contributed by atoms with van der Waals surface area (Å²) in [5.41, 5.74) is -0.683. The zero-order chi connectivity index (χ0) is 17.9. The van der Waals surface area contributed by atoms with Gasteiger partial charge in [-0.2, -0.15) is 13.2 Å². The lowest BCUT2D eigenvalue weighted by Gasteiger charge is -2.23. The maximum atomic E-state index is 13.2. The SMILES string of the molecule is O=C(C(=O)N(CC(F)(F)F)c1ccccc1)c1ccc(F)c(F)c1. The number of rotatable bonds is 4. The monoisotopic (exact) mass is 343 g/mol. The van der Waals surface area contributed by atoms with E-state index in [-0.39, 0.29) is 10.6 Å². The number of Topliss-reactive ketones (excluding diaryl/α,β-unsaturated/α-hetero) is 1. The number of carbonyl (C=O) groups is 2. The van der Waals surface area contributed by atoms with Crippen LogP contribution in [0.5, 0.6) is 0 Å². The van der Waals surface area contributed by atoms with E-state index in [0.29, 0.717) is 12.1 Å². The van der Waals surface area contributed by atoms with Gasteiger partial charge in [0.15, 0.2) is 11.6 Å². The molecule has 0 unspecified atom stereocenters. The molecule has 2 aromatic rings. The van der Waals surface area contributed by atoms with Gasteiger partial charge in [-0.3, -0.25) is 14.5 Å². The molecular formula is C16H10F5NO2. The molecule has 0 aliphatic heterocycles. The van der Waals surface area contributed by atoms with Crippen LogP contribution in [0.2, 0.25) is 0 Å². The number of alkyl halides is 3. The Balaban J connectivity index is 2.36. The molecule has 0 N–H and O–H groups in total. The standard InChI is InChI=1S/C16H10F5NO2/c17-12-7-6-10(8-13(12)18)14(23)15(24)22(9-16(19,20)21)11-4-2-1-3-5-11/h1-8H,9H2. The highest BCUT2D eigenvalue weighted by molar-refractivity contribution is 6.47. The zero-order valence-electron chi connectivity index (χ0n) is 12.0. The van der Waals surface area contributed by atoms with Crippen molar-refractivity contribution in [1.29, 1.82) is 0 Å². The van der Waals surface area contributed by atoms with Gasteiger partial charge >= 0.3 is 6.18 Å². The normalized spacial score (nSPS) is 11.2. The van der Waals surface area contributed by atoms with Gasteiger partial charge in [-0.1, -0.05) is 18.2 Å². The van der Waals surface area contributed by atoms with E-state index in [0.717, 1.165) is 6.07 Å². The van der Waals surface area contributed by atoms with Crippen LogP contribution in [0.4, 0.5) is 27.6 Å². The molecule has 0 saturated carbocycles. The quantitative estimate of drug-likeness (QED) is 0.482. The largest absolute Gasteiger partial charge is 0.406 e. The fraction of sp³-hybridized carbons (Fsp3) is 0.125. The molecule has 0 radical (unpaired) electrons. The highest BCUT2D eigenvalue weighted by Crippen LogP contribution is 2.23. The second-order valence-electron chi connectivity index (χ2n) is 4.80. The Morgan fingerprint density at radius 3 is 2.08 bits per heavy atom. The Morgan fingerprint density at radius 2 is 1.54 bits per heavy atom. The molecule has 2 aromatic carbocycles. The topological polar surface area (TPSA) is 37.4 Å². The summed E-state index contributed by atoms with van der Waals surface area (Å²) in [7, 11) is 0. The van der Waals surface area contributed by atoms with Gasteiger partial charge in [-0.15, -0.1) is 0 Å². The molecule has 0 saturated heterocycles.